The highest BCUT2D eigenvalue weighted by molar-refractivity contribution is 5.98. The Kier molecular flexibility index (Phi) is 4.57. The molecule has 0 spiro atoms. The topological polar surface area (TPSA) is 58.2 Å². The molecule has 0 saturated heterocycles. The Morgan fingerprint density at radius 3 is 2.37 bits per heavy atom. The van der Waals surface area contributed by atoms with Crippen LogP contribution >= 0.6 is 0 Å². The average Bonchev–Trinajstić information content (AvgIpc) is 3.23. The smallest absolute Gasteiger partial charge is 0.331 e. The first kappa shape index (κ1) is 21.2. The van der Waals surface area contributed by atoms with Gasteiger partial charge in [-0.2, -0.15) is 0 Å². The molecule has 0 unspecified atom stereocenters. The Hall–Kier alpha value is -4.39. The normalized spacial score (nSPS) is 14.5. The van der Waals surface area contributed by atoms with Gasteiger partial charge in [0, 0.05) is 19.7 Å². The molecule has 0 bridgehead atoms. The van der Waals surface area contributed by atoms with Gasteiger partial charge in [-0.05, 0) is 36.8 Å². The standard InChI is InChI=1S/C28H22FN3O3/c1-16-11-13-17(14-12-16)23-22-24(30(2)28(34)31(3)27(22)33)25-26(18-7-6-8-19(29)15-18)35-21-10-5-4-9-20(21)32(23)25/h4-15,26H,1-3H3/t26-/m1/s1. The van der Waals surface area contributed by atoms with Crippen LogP contribution in [-0.4, -0.2) is 13.7 Å². The van der Waals surface area contributed by atoms with Crippen LogP contribution in [0.15, 0.2) is 82.4 Å². The molecular weight excluding hydrogens is 445 g/mol. The van der Waals surface area contributed by atoms with Crippen molar-refractivity contribution in [3.8, 4) is 22.7 Å². The van der Waals surface area contributed by atoms with Gasteiger partial charge in [-0.1, -0.05) is 54.1 Å². The van der Waals surface area contributed by atoms with E-state index in [0.29, 0.717) is 33.6 Å². The summed E-state index contributed by atoms with van der Waals surface area (Å²) in [6.07, 6.45) is -0.736. The van der Waals surface area contributed by atoms with Crippen LogP contribution < -0.4 is 16.0 Å². The third-order valence-corrected chi connectivity index (χ3v) is 6.68. The van der Waals surface area contributed by atoms with Gasteiger partial charge in [0.05, 0.1) is 28.0 Å². The van der Waals surface area contributed by atoms with E-state index in [0.717, 1.165) is 21.4 Å². The van der Waals surface area contributed by atoms with Crippen molar-refractivity contribution in [2.75, 3.05) is 0 Å². The van der Waals surface area contributed by atoms with E-state index in [2.05, 4.69) is 0 Å². The Balaban J connectivity index is 1.86. The van der Waals surface area contributed by atoms with E-state index in [1.807, 2.05) is 60.0 Å². The van der Waals surface area contributed by atoms with Crippen molar-refractivity contribution in [1.29, 1.82) is 0 Å². The molecule has 7 heteroatoms. The molecule has 35 heavy (non-hydrogen) atoms. The maximum atomic E-state index is 14.3. The van der Waals surface area contributed by atoms with Crippen LogP contribution in [0.4, 0.5) is 4.39 Å². The fourth-order valence-corrected chi connectivity index (χ4v) is 4.99. The zero-order valence-corrected chi connectivity index (χ0v) is 19.4. The molecule has 1 aliphatic heterocycles. The summed E-state index contributed by atoms with van der Waals surface area (Å²) < 4.78 is 25.3. The lowest BCUT2D eigenvalue weighted by Crippen LogP contribution is -2.37. The minimum Gasteiger partial charge on any atom is -0.477 e. The number of aryl methyl sites for hydroxylation is 2. The Morgan fingerprint density at radius 1 is 0.886 bits per heavy atom. The summed E-state index contributed by atoms with van der Waals surface area (Å²) in [7, 11) is 3.13. The number of hydrogen-bond acceptors (Lipinski definition) is 3. The number of fused-ring (bicyclic) bond motifs is 5. The molecule has 0 fully saturated rings. The highest BCUT2D eigenvalue weighted by Gasteiger charge is 2.36. The van der Waals surface area contributed by atoms with Crippen LogP contribution in [0.2, 0.25) is 0 Å². The molecule has 0 amide bonds. The molecule has 0 aliphatic carbocycles. The summed E-state index contributed by atoms with van der Waals surface area (Å²) in [6.45, 7) is 2.00. The molecule has 0 radical (unpaired) electrons. The molecule has 0 N–H and O–H groups in total. The molecule has 3 heterocycles. The summed E-state index contributed by atoms with van der Waals surface area (Å²) >= 11 is 0. The molecule has 2 aromatic heterocycles. The number of halogens is 1. The van der Waals surface area contributed by atoms with Crippen molar-refractivity contribution in [2.45, 2.75) is 13.0 Å². The van der Waals surface area contributed by atoms with Gasteiger partial charge < -0.3 is 9.30 Å². The monoisotopic (exact) mass is 467 g/mol. The van der Waals surface area contributed by atoms with Crippen LogP contribution in [0.5, 0.6) is 5.75 Å². The largest absolute Gasteiger partial charge is 0.477 e. The lowest BCUT2D eigenvalue weighted by molar-refractivity contribution is 0.228. The molecule has 0 saturated carbocycles. The van der Waals surface area contributed by atoms with E-state index < -0.39 is 23.2 Å². The zero-order chi connectivity index (χ0) is 24.4. The fraction of sp³-hybridized carbons (Fsp3) is 0.143. The minimum atomic E-state index is -0.736. The number of hydrogen-bond donors (Lipinski definition) is 0. The van der Waals surface area contributed by atoms with Crippen molar-refractivity contribution in [3.05, 3.63) is 116 Å². The fourth-order valence-electron chi connectivity index (χ4n) is 4.99. The number of ether oxygens (including phenoxy) is 1. The molecule has 174 valence electrons. The highest BCUT2D eigenvalue weighted by Crippen LogP contribution is 2.46. The number of nitrogens with zero attached hydrogens (tertiary/aromatic N) is 3. The molecule has 3 aromatic carbocycles. The van der Waals surface area contributed by atoms with Crippen LogP contribution in [0.1, 0.15) is 22.9 Å². The van der Waals surface area contributed by atoms with Crippen LogP contribution in [0.25, 0.3) is 27.8 Å². The maximum absolute atomic E-state index is 14.3. The van der Waals surface area contributed by atoms with E-state index in [9.17, 15) is 14.0 Å². The van der Waals surface area contributed by atoms with Gasteiger partial charge in [0.25, 0.3) is 5.56 Å². The first-order chi connectivity index (χ1) is 16.9. The summed E-state index contributed by atoms with van der Waals surface area (Å²) in [4.78, 5) is 26.7. The second kappa shape index (κ2) is 7.56. The van der Waals surface area contributed by atoms with Gasteiger partial charge in [0.15, 0.2) is 6.10 Å². The van der Waals surface area contributed by atoms with Crippen LogP contribution in [0, 0.1) is 12.7 Å². The molecule has 6 rings (SSSR count). The summed E-state index contributed by atoms with van der Waals surface area (Å²) in [5.41, 5.74) is 4.17. The van der Waals surface area contributed by atoms with E-state index in [-0.39, 0.29) is 0 Å². The lowest BCUT2D eigenvalue weighted by atomic mass is 10.0. The van der Waals surface area contributed by atoms with E-state index >= 15 is 0 Å². The first-order valence-electron chi connectivity index (χ1n) is 11.3. The van der Waals surface area contributed by atoms with E-state index in [1.165, 1.54) is 23.7 Å². The molecule has 6 nitrogen and oxygen atoms in total. The SMILES string of the molecule is Cc1ccc(-c2c3c(=O)n(C)c(=O)n(C)c3c3n2-c2ccccc2O[C@@H]3c2cccc(F)c2)cc1. The summed E-state index contributed by atoms with van der Waals surface area (Å²) in [6, 6.07) is 21.7. The lowest BCUT2D eigenvalue weighted by Gasteiger charge is -2.30. The minimum absolute atomic E-state index is 0.393. The molecule has 1 atom stereocenters. The van der Waals surface area contributed by atoms with Gasteiger partial charge in [-0.3, -0.25) is 13.9 Å². The average molecular weight is 468 g/mol. The second-order valence-corrected chi connectivity index (χ2v) is 8.89. The van der Waals surface area contributed by atoms with Crippen molar-refractivity contribution in [1.82, 2.24) is 13.7 Å². The number of benzene rings is 3. The van der Waals surface area contributed by atoms with Gasteiger partial charge in [0.2, 0.25) is 0 Å². The third-order valence-electron chi connectivity index (χ3n) is 6.68. The van der Waals surface area contributed by atoms with Crippen LogP contribution in [-0.2, 0) is 14.1 Å². The second-order valence-electron chi connectivity index (χ2n) is 8.89. The number of aromatic nitrogens is 3. The molecular formula is C28H22FN3O3. The van der Waals surface area contributed by atoms with Crippen molar-refractivity contribution in [2.24, 2.45) is 14.1 Å². The zero-order valence-electron chi connectivity index (χ0n) is 19.4. The van der Waals surface area contributed by atoms with E-state index in [1.54, 1.807) is 19.2 Å². The Labute approximate surface area is 200 Å². The number of rotatable bonds is 2. The van der Waals surface area contributed by atoms with Crippen molar-refractivity contribution in [3.63, 3.8) is 0 Å². The van der Waals surface area contributed by atoms with Gasteiger partial charge in [-0.15, -0.1) is 0 Å². The molecule has 5 aromatic rings. The first-order valence-corrected chi connectivity index (χ1v) is 11.3. The van der Waals surface area contributed by atoms with Crippen molar-refractivity contribution < 1.29 is 9.13 Å². The summed E-state index contributed by atoms with van der Waals surface area (Å²) in [5.74, 6) is 0.209. The highest BCUT2D eigenvalue weighted by atomic mass is 19.1. The predicted molar refractivity (Wildman–Crippen MR) is 133 cm³/mol. The predicted octanol–water partition coefficient (Wildman–Crippen LogP) is 4.62. The Morgan fingerprint density at radius 2 is 1.63 bits per heavy atom. The maximum Gasteiger partial charge on any atom is 0.331 e. The number of para-hydroxylation sites is 2. The van der Waals surface area contributed by atoms with Crippen molar-refractivity contribution >= 4 is 10.9 Å². The third kappa shape index (κ3) is 3.01. The summed E-state index contributed by atoms with van der Waals surface area (Å²) in [5, 5.41) is 0.412. The van der Waals surface area contributed by atoms with Crippen LogP contribution in [0.3, 0.4) is 0 Å². The van der Waals surface area contributed by atoms with E-state index in [4.69, 9.17) is 4.74 Å². The van der Waals surface area contributed by atoms with Gasteiger partial charge in [-0.25, -0.2) is 9.18 Å². The van der Waals surface area contributed by atoms with Gasteiger partial charge in [0.1, 0.15) is 11.6 Å². The van der Waals surface area contributed by atoms with Gasteiger partial charge >= 0.3 is 5.69 Å². The Bertz CT molecular complexity index is 1760. The molecule has 1 aliphatic rings. The quantitative estimate of drug-likeness (QED) is 0.381.